The lowest BCUT2D eigenvalue weighted by Crippen LogP contribution is -2.00. The maximum Gasteiger partial charge on any atom is 0.0953 e. The highest BCUT2D eigenvalue weighted by Crippen LogP contribution is 2.26. The number of nitrogen functional groups attached to an aromatic ring is 1. The van der Waals surface area contributed by atoms with E-state index in [4.69, 9.17) is 5.73 Å². The lowest BCUT2D eigenvalue weighted by atomic mass is 10.1. The second kappa shape index (κ2) is 4.37. The lowest BCUT2D eigenvalue weighted by molar-refractivity contribution is 1.09. The molecule has 0 atom stereocenters. The van der Waals surface area contributed by atoms with Crippen LogP contribution in [-0.2, 0) is 6.54 Å². The van der Waals surface area contributed by atoms with Crippen LogP contribution in [0.4, 0.5) is 11.4 Å². The van der Waals surface area contributed by atoms with Crippen LogP contribution in [0.15, 0.2) is 42.9 Å². The molecule has 0 saturated carbocycles. The third-order valence-electron chi connectivity index (χ3n) is 2.84. The fraction of sp³-hybridized carbons (Fsp3) is 0.0769. The number of pyridine rings is 1. The first-order valence-electron chi connectivity index (χ1n) is 5.69. The van der Waals surface area contributed by atoms with E-state index in [9.17, 15) is 0 Å². The lowest BCUT2D eigenvalue weighted by Gasteiger charge is -2.09. The van der Waals surface area contributed by atoms with Crippen LogP contribution in [0.3, 0.4) is 0 Å². The van der Waals surface area contributed by atoms with Crippen LogP contribution in [0.1, 0.15) is 5.56 Å². The molecule has 4 N–H and O–H groups in total. The molecule has 90 valence electrons. The highest BCUT2D eigenvalue weighted by atomic mass is 15.1. The van der Waals surface area contributed by atoms with Crippen LogP contribution in [0, 0.1) is 0 Å². The second-order valence-corrected chi connectivity index (χ2v) is 4.06. The van der Waals surface area contributed by atoms with E-state index in [1.54, 1.807) is 12.4 Å². The Balaban J connectivity index is 1.94. The number of anilines is 2. The van der Waals surface area contributed by atoms with Gasteiger partial charge >= 0.3 is 0 Å². The van der Waals surface area contributed by atoms with Crippen molar-refractivity contribution in [3.63, 3.8) is 0 Å². The number of nitrogens with zero attached hydrogens (tertiary/aromatic N) is 2. The third kappa shape index (κ3) is 1.86. The van der Waals surface area contributed by atoms with E-state index in [1.165, 1.54) is 0 Å². The number of hydrogen-bond donors (Lipinski definition) is 3. The zero-order valence-corrected chi connectivity index (χ0v) is 9.72. The zero-order chi connectivity index (χ0) is 12.4. The Morgan fingerprint density at radius 2 is 2.22 bits per heavy atom. The van der Waals surface area contributed by atoms with E-state index in [0.29, 0.717) is 6.54 Å². The van der Waals surface area contributed by atoms with Gasteiger partial charge in [-0.1, -0.05) is 0 Å². The average Bonchev–Trinajstić information content (AvgIpc) is 2.92. The van der Waals surface area contributed by atoms with Gasteiger partial charge in [0, 0.05) is 35.6 Å². The molecule has 3 aromatic rings. The minimum Gasteiger partial charge on any atom is -0.398 e. The third-order valence-corrected chi connectivity index (χ3v) is 2.84. The molecule has 1 aromatic carbocycles. The van der Waals surface area contributed by atoms with Gasteiger partial charge in [0.05, 0.1) is 17.4 Å². The molecule has 0 fully saturated rings. The minimum absolute atomic E-state index is 0.700. The number of H-pyrrole nitrogens is 1. The summed E-state index contributed by atoms with van der Waals surface area (Å²) in [5.41, 5.74) is 9.63. The number of hydrogen-bond acceptors (Lipinski definition) is 4. The fourth-order valence-electron chi connectivity index (χ4n) is 1.91. The predicted octanol–water partition coefficient (Wildman–Crippen LogP) is 2.15. The molecule has 0 saturated heterocycles. The number of fused-ring (bicyclic) bond motifs is 1. The molecule has 0 aliphatic heterocycles. The van der Waals surface area contributed by atoms with Crippen molar-refractivity contribution < 1.29 is 0 Å². The molecule has 0 aliphatic rings. The van der Waals surface area contributed by atoms with Crippen LogP contribution in [0.25, 0.3) is 10.9 Å². The first-order chi connectivity index (χ1) is 8.84. The van der Waals surface area contributed by atoms with E-state index < -0.39 is 0 Å². The highest BCUT2D eigenvalue weighted by Gasteiger charge is 2.04. The van der Waals surface area contributed by atoms with Gasteiger partial charge < -0.3 is 11.1 Å². The van der Waals surface area contributed by atoms with Crippen LogP contribution in [0.5, 0.6) is 0 Å². The van der Waals surface area contributed by atoms with E-state index in [0.717, 1.165) is 27.8 Å². The number of rotatable bonds is 3. The van der Waals surface area contributed by atoms with Crippen molar-refractivity contribution in [1.29, 1.82) is 0 Å². The zero-order valence-electron chi connectivity index (χ0n) is 9.72. The van der Waals surface area contributed by atoms with Crippen molar-refractivity contribution in [2.75, 3.05) is 11.1 Å². The Morgan fingerprint density at radius 3 is 3.06 bits per heavy atom. The summed E-state index contributed by atoms with van der Waals surface area (Å²) < 4.78 is 0. The highest BCUT2D eigenvalue weighted by molar-refractivity contribution is 5.98. The quantitative estimate of drug-likeness (QED) is 0.612. The summed E-state index contributed by atoms with van der Waals surface area (Å²) in [5, 5.41) is 11.0. The molecule has 0 aliphatic carbocycles. The Bertz CT molecular complexity index is 660. The van der Waals surface area contributed by atoms with Gasteiger partial charge in [-0.3, -0.25) is 10.1 Å². The van der Waals surface area contributed by atoms with Gasteiger partial charge in [0.25, 0.3) is 0 Å². The number of nitrogens with one attached hydrogen (secondary N) is 2. The van der Waals surface area contributed by atoms with Gasteiger partial charge in [-0.05, 0) is 24.3 Å². The number of aromatic nitrogens is 3. The van der Waals surface area contributed by atoms with E-state index in [2.05, 4.69) is 20.5 Å². The monoisotopic (exact) mass is 239 g/mol. The SMILES string of the molecule is Nc1ccc(NCc2cn[nH]c2)c2ncccc12. The molecule has 5 heteroatoms. The van der Waals surface area contributed by atoms with E-state index in [-0.39, 0.29) is 0 Å². The Labute approximate surface area is 104 Å². The molecule has 0 amide bonds. The summed E-state index contributed by atoms with van der Waals surface area (Å²) in [6.45, 7) is 0.700. The van der Waals surface area contributed by atoms with Crippen LogP contribution >= 0.6 is 0 Å². The second-order valence-electron chi connectivity index (χ2n) is 4.06. The summed E-state index contributed by atoms with van der Waals surface area (Å²) >= 11 is 0. The van der Waals surface area contributed by atoms with Gasteiger partial charge in [0.1, 0.15) is 0 Å². The summed E-state index contributed by atoms with van der Waals surface area (Å²) in [6.07, 6.45) is 5.42. The largest absolute Gasteiger partial charge is 0.398 e. The molecule has 5 nitrogen and oxygen atoms in total. The Hall–Kier alpha value is -2.56. The van der Waals surface area contributed by atoms with Crippen molar-refractivity contribution in [2.45, 2.75) is 6.54 Å². The number of nitrogens with two attached hydrogens (primary N) is 1. The van der Waals surface area contributed by atoms with Crippen molar-refractivity contribution in [3.05, 3.63) is 48.4 Å². The maximum absolute atomic E-state index is 5.93. The standard InChI is InChI=1S/C13H13N5/c14-11-3-4-12(13-10(11)2-1-5-15-13)16-6-9-7-17-18-8-9/h1-5,7-8,16H,6,14H2,(H,17,18). The molecule has 0 unspecified atom stereocenters. The first-order valence-corrected chi connectivity index (χ1v) is 5.69. The fourth-order valence-corrected chi connectivity index (χ4v) is 1.91. The van der Waals surface area contributed by atoms with Crippen molar-refractivity contribution in [1.82, 2.24) is 15.2 Å². The van der Waals surface area contributed by atoms with E-state index >= 15 is 0 Å². The smallest absolute Gasteiger partial charge is 0.0953 e. The molecule has 2 heterocycles. The van der Waals surface area contributed by atoms with Crippen molar-refractivity contribution in [2.24, 2.45) is 0 Å². The van der Waals surface area contributed by atoms with Crippen LogP contribution < -0.4 is 11.1 Å². The van der Waals surface area contributed by atoms with Gasteiger partial charge in [-0.15, -0.1) is 0 Å². The molecular formula is C13H13N5. The average molecular weight is 239 g/mol. The number of aromatic amines is 1. The van der Waals surface area contributed by atoms with Gasteiger partial charge in [-0.2, -0.15) is 5.10 Å². The predicted molar refractivity (Wildman–Crippen MR) is 72.1 cm³/mol. The summed E-state index contributed by atoms with van der Waals surface area (Å²) in [7, 11) is 0. The molecule has 0 spiro atoms. The Kier molecular flexibility index (Phi) is 2.57. The molecule has 0 bridgehead atoms. The minimum atomic E-state index is 0.700. The normalized spacial score (nSPS) is 10.7. The molecule has 18 heavy (non-hydrogen) atoms. The Morgan fingerprint density at radius 1 is 1.28 bits per heavy atom. The molecule has 2 aromatic heterocycles. The van der Waals surface area contributed by atoms with Gasteiger partial charge in [0.15, 0.2) is 0 Å². The molecule has 3 rings (SSSR count). The van der Waals surface area contributed by atoms with Crippen LogP contribution in [0.2, 0.25) is 0 Å². The first kappa shape index (κ1) is 10.6. The van der Waals surface area contributed by atoms with Crippen molar-refractivity contribution >= 4 is 22.3 Å². The topological polar surface area (TPSA) is 79.6 Å². The summed E-state index contributed by atoms with van der Waals surface area (Å²) in [6, 6.07) is 7.70. The molecule has 0 radical (unpaired) electrons. The van der Waals surface area contributed by atoms with Crippen molar-refractivity contribution in [3.8, 4) is 0 Å². The van der Waals surface area contributed by atoms with E-state index in [1.807, 2.05) is 30.5 Å². The summed E-state index contributed by atoms with van der Waals surface area (Å²) in [5.74, 6) is 0. The van der Waals surface area contributed by atoms with Gasteiger partial charge in [-0.25, -0.2) is 0 Å². The maximum atomic E-state index is 5.93. The van der Waals surface area contributed by atoms with Gasteiger partial charge in [0.2, 0.25) is 0 Å². The molecular weight excluding hydrogens is 226 g/mol. The summed E-state index contributed by atoms with van der Waals surface area (Å²) in [4.78, 5) is 4.38. The number of benzene rings is 1. The van der Waals surface area contributed by atoms with Crippen LogP contribution in [-0.4, -0.2) is 15.2 Å².